The van der Waals surface area contributed by atoms with Crippen molar-refractivity contribution in [3.8, 4) is 28.4 Å². The van der Waals surface area contributed by atoms with E-state index in [0.717, 1.165) is 23.3 Å². The van der Waals surface area contributed by atoms with Gasteiger partial charge in [-0.05, 0) is 35.9 Å². The van der Waals surface area contributed by atoms with Gasteiger partial charge >= 0.3 is 5.69 Å². The average Bonchev–Trinajstić information content (AvgIpc) is 2.83. The summed E-state index contributed by atoms with van der Waals surface area (Å²) in [5.74, 6) is 1.65. The lowest BCUT2D eigenvalue weighted by molar-refractivity contribution is -0.393. The molecular formula is C22H20N4O7. The number of rotatable bonds is 9. The first kappa shape index (κ1) is 23.0. The van der Waals surface area contributed by atoms with Gasteiger partial charge in [-0.15, -0.1) is 0 Å². The van der Waals surface area contributed by atoms with Crippen molar-refractivity contribution < 1.29 is 24.1 Å². The number of nitrogens with zero attached hydrogens (tertiary/aromatic N) is 3. The molecule has 3 aromatic rings. The quantitative estimate of drug-likeness (QED) is 0.281. The number of nitro benzene ring substituents is 2. The number of para-hydroxylation sites is 1. The lowest BCUT2D eigenvalue weighted by Gasteiger charge is -2.15. The van der Waals surface area contributed by atoms with E-state index in [1.165, 1.54) is 26.5 Å². The second-order valence-electron chi connectivity index (χ2n) is 6.58. The number of hydrogen-bond donors (Lipinski definition) is 1. The van der Waals surface area contributed by atoms with Crippen molar-refractivity contribution >= 4 is 23.3 Å². The summed E-state index contributed by atoms with van der Waals surface area (Å²) in [6.45, 7) is 0. The average molecular weight is 452 g/mol. The number of hydrazone groups is 1. The van der Waals surface area contributed by atoms with Crippen molar-refractivity contribution in [2.75, 3.05) is 26.8 Å². The SMILES string of the molecule is COc1ccc(-c2cccc(OC)c2OC)c(/C=N\Nc2ccc([N+](=O)[O-])cc2[N+](=O)[O-])c1. The molecule has 0 bridgehead atoms. The van der Waals surface area contributed by atoms with Crippen LogP contribution in [0.5, 0.6) is 17.2 Å². The number of non-ortho nitro benzene ring substituents is 1. The molecule has 0 aliphatic heterocycles. The van der Waals surface area contributed by atoms with Crippen LogP contribution in [0.3, 0.4) is 0 Å². The van der Waals surface area contributed by atoms with Crippen molar-refractivity contribution in [1.82, 2.24) is 0 Å². The summed E-state index contributed by atoms with van der Waals surface area (Å²) < 4.78 is 16.2. The van der Waals surface area contributed by atoms with Crippen LogP contribution in [-0.2, 0) is 0 Å². The summed E-state index contributed by atoms with van der Waals surface area (Å²) in [7, 11) is 4.60. The Balaban J connectivity index is 2.02. The molecule has 3 rings (SSSR count). The molecule has 0 saturated carbocycles. The summed E-state index contributed by atoms with van der Waals surface area (Å²) in [5, 5.41) is 26.4. The van der Waals surface area contributed by atoms with E-state index in [0.29, 0.717) is 22.8 Å². The Hall–Kier alpha value is -4.67. The predicted molar refractivity (Wildman–Crippen MR) is 123 cm³/mol. The molecule has 0 aromatic heterocycles. The lowest BCUT2D eigenvalue weighted by atomic mass is 9.98. The molecule has 170 valence electrons. The molecular weight excluding hydrogens is 432 g/mol. The van der Waals surface area contributed by atoms with Crippen LogP contribution < -0.4 is 19.6 Å². The van der Waals surface area contributed by atoms with Crippen molar-refractivity contribution in [2.24, 2.45) is 5.10 Å². The number of ether oxygens (including phenoxy) is 3. The highest BCUT2D eigenvalue weighted by atomic mass is 16.6. The third-order valence-corrected chi connectivity index (χ3v) is 4.73. The monoisotopic (exact) mass is 452 g/mol. The largest absolute Gasteiger partial charge is 0.497 e. The van der Waals surface area contributed by atoms with E-state index >= 15 is 0 Å². The van der Waals surface area contributed by atoms with E-state index in [9.17, 15) is 20.2 Å². The topological polar surface area (TPSA) is 138 Å². The van der Waals surface area contributed by atoms with E-state index in [1.807, 2.05) is 18.2 Å². The van der Waals surface area contributed by atoms with Gasteiger partial charge in [0, 0.05) is 17.2 Å². The van der Waals surface area contributed by atoms with Gasteiger partial charge in [0.2, 0.25) is 0 Å². The molecule has 0 atom stereocenters. The Morgan fingerprint density at radius 1 is 0.879 bits per heavy atom. The molecule has 0 heterocycles. The lowest BCUT2D eigenvalue weighted by Crippen LogP contribution is -2.00. The predicted octanol–water partition coefficient (Wildman–Crippen LogP) is 4.64. The fourth-order valence-electron chi connectivity index (χ4n) is 3.17. The molecule has 0 aliphatic carbocycles. The molecule has 0 fully saturated rings. The summed E-state index contributed by atoms with van der Waals surface area (Å²) in [6.07, 6.45) is 1.46. The van der Waals surface area contributed by atoms with Gasteiger partial charge in [-0.2, -0.15) is 5.10 Å². The number of nitro groups is 2. The summed E-state index contributed by atoms with van der Waals surface area (Å²) >= 11 is 0. The highest BCUT2D eigenvalue weighted by Gasteiger charge is 2.19. The van der Waals surface area contributed by atoms with Crippen LogP contribution in [-0.4, -0.2) is 37.4 Å². The zero-order valence-electron chi connectivity index (χ0n) is 18.0. The van der Waals surface area contributed by atoms with E-state index in [4.69, 9.17) is 14.2 Å². The minimum atomic E-state index is -0.719. The standard InChI is InChI=1S/C22H20N4O7/c1-31-16-8-9-17(18-5-4-6-21(32-2)22(18)33-3)14(11-16)13-23-24-19-10-7-15(25(27)28)12-20(19)26(29)30/h4-13,24H,1-3H3/b23-13-. The van der Waals surface area contributed by atoms with Crippen molar-refractivity contribution in [3.63, 3.8) is 0 Å². The van der Waals surface area contributed by atoms with Gasteiger partial charge in [0.15, 0.2) is 11.5 Å². The molecule has 0 radical (unpaired) electrons. The molecule has 0 amide bonds. The normalized spacial score (nSPS) is 10.6. The first-order valence-corrected chi connectivity index (χ1v) is 9.51. The maximum Gasteiger partial charge on any atom is 0.301 e. The van der Waals surface area contributed by atoms with Gasteiger partial charge in [-0.25, -0.2) is 0 Å². The van der Waals surface area contributed by atoms with Gasteiger partial charge in [0.25, 0.3) is 5.69 Å². The Labute approximate surface area is 188 Å². The Morgan fingerprint density at radius 2 is 1.67 bits per heavy atom. The Kier molecular flexibility index (Phi) is 7.03. The van der Waals surface area contributed by atoms with Crippen LogP contribution >= 0.6 is 0 Å². The molecule has 11 nitrogen and oxygen atoms in total. The summed E-state index contributed by atoms with van der Waals surface area (Å²) in [4.78, 5) is 20.8. The summed E-state index contributed by atoms with van der Waals surface area (Å²) in [5.41, 5.74) is 3.83. The molecule has 1 N–H and O–H groups in total. The number of benzene rings is 3. The highest BCUT2D eigenvalue weighted by molar-refractivity contribution is 5.93. The molecule has 0 aliphatic rings. The van der Waals surface area contributed by atoms with Crippen LogP contribution in [0.25, 0.3) is 11.1 Å². The van der Waals surface area contributed by atoms with Gasteiger partial charge in [0.1, 0.15) is 11.4 Å². The van der Waals surface area contributed by atoms with Crippen molar-refractivity contribution in [2.45, 2.75) is 0 Å². The van der Waals surface area contributed by atoms with Crippen LogP contribution in [0.2, 0.25) is 0 Å². The molecule has 3 aromatic carbocycles. The number of methoxy groups -OCH3 is 3. The second-order valence-corrected chi connectivity index (χ2v) is 6.58. The molecule has 0 unspecified atom stereocenters. The Bertz CT molecular complexity index is 1230. The highest BCUT2D eigenvalue weighted by Crippen LogP contribution is 2.39. The number of hydrogen-bond acceptors (Lipinski definition) is 9. The fraction of sp³-hybridized carbons (Fsp3) is 0.136. The van der Waals surface area contributed by atoms with E-state index in [1.54, 1.807) is 25.3 Å². The molecule has 33 heavy (non-hydrogen) atoms. The van der Waals surface area contributed by atoms with Crippen LogP contribution in [0, 0.1) is 20.2 Å². The van der Waals surface area contributed by atoms with Gasteiger partial charge in [0.05, 0.1) is 43.5 Å². The Morgan fingerprint density at radius 3 is 2.30 bits per heavy atom. The zero-order valence-corrected chi connectivity index (χ0v) is 18.0. The second kappa shape index (κ2) is 10.1. The maximum atomic E-state index is 11.3. The van der Waals surface area contributed by atoms with Crippen molar-refractivity contribution in [1.29, 1.82) is 0 Å². The van der Waals surface area contributed by atoms with Crippen LogP contribution in [0.4, 0.5) is 17.1 Å². The van der Waals surface area contributed by atoms with Crippen molar-refractivity contribution in [3.05, 3.63) is 80.4 Å². The number of anilines is 1. The smallest absolute Gasteiger partial charge is 0.301 e. The van der Waals surface area contributed by atoms with Gasteiger partial charge < -0.3 is 14.2 Å². The molecule has 0 saturated heterocycles. The minimum Gasteiger partial charge on any atom is -0.497 e. The van der Waals surface area contributed by atoms with Gasteiger partial charge in [-0.1, -0.05) is 12.1 Å². The van der Waals surface area contributed by atoms with Crippen LogP contribution in [0.15, 0.2) is 59.7 Å². The van der Waals surface area contributed by atoms with E-state index in [-0.39, 0.29) is 5.69 Å². The fourth-order valence-corrected chi connectivity index (χ4v) is 3.17. The van der Waals surface area contributed by atoms with Crippen LogP contribution in [0.1, 0.15) is 5.56 Å². The maximum absolute atomic E-state index is 11.3. The third-order valence-electron chi connectivity index (χ3n) is 4.73. The third kappa shape index (κ3) is 4.98. The van der Waals surface area contributed by atoms with E-state index < -0.39 is 21.2 Å². The first-order valence-electron chi connectivity index (χ1n) is 9.51. The van der Waals surface area contributed by atoms with E-state index in [2.05, 4.69) is 10.5 Å². The minimum absolute atomic E-state index is 0.00487. The number of nitrogens with one attached hydrogen (secondary N) is 1. The van der Waals surface area contributed by atoms with Gasteiger partial charge in [-0.3, -0.25) is 25.7 Å². The molecule has 11 heteroatoms. The first-order chi connectivity index (χ1) is 15.9. The zero-order chi connectivity index (χ0) is 24.0. The molecule has 0 spiro atoms. The summed E-state index contributed by atoms with van der Waals surface area (Å²) in [6, 6.07) is 14.0.